The third-order valence-corrected chi connectivity index (χ3v) is 4.52. The molecule has 0 saturated heterocycles. The van der Waals surface area contributed by atoms with Crippen LogP contribution in [0.25, 0.3) is 0 Å². The quantitative estimate of drug-likeness (QED) is 0.731. The van der Waals surface area contributed by atoms with Crippen molar-refractivity contribution in [1.82, 2.24) is 0 Å². The van der Waals surface area contributed by atoms with Crippen LogP contribution in [0.1, 0.15) is 59.6 Å². The van der Waals surface area contributed by atoms with Crippen LogP contribution in [0, 0.1) is 11.3 Å². The van der Waals surface area contributed by atoms with Crippen LogP contribution >= 0.6 is 0 Å². The minimum absolute atomic E-state index is 0.0319. The minimum Gasteiger partial charge on any atom is -0.276 e. The van der Waals surface area contributed by atoms with Crippen molar-refractivity contribution in [2.75, 3.05) is 4.90 Å². The van der Waals surface area contributed by atoms with Gasteiger partial charge in [-0.25, -0.2) is 0 Å². The van der Waals surface area contributed by atoms with Gasteiger partial charge in [0.1, 0.15) is 11.6 Å². The van der Waals surface area contributed by atoms with Crippen molar-refractivity contribution in [3.63, 3.8) is 0 Å². The van der Waals surface area contributed by atoms with E-state index in [4.69, 9.17) is 0 Å². The van der Waals surface area contributed by atoms with Crippen molar-refractivity contribution in [1.29, 1.82) is 5.26 Å². The van der Waals surface area contributed by atoms with E-state index in [1.54, 1.807) is 11.8 Å². The van der Waals surface area contributed by atoms with Crippen LogP contribution in [-0.4, -0.2) is 5.91 Å². The highest BCUT2D eigenvalue weighted by molar-refractivity contribution is 6.15. The molecule has 24 heavy (non-hydrogen) atoms. The van der Waals surface area contributed by atoms with Crippen molar-refractivity contribution >= 4 is 11.6 Å². The van der Waals surface area contributed by atoms with Crippen molar-refractivity contribution in [2.45, 2.75) is 59.3 Å². The number of nitrogens with zero attached hydrogens (tertiary/aromatic N) is 2. The van der Waals surface area contributed by atoms with Gasteiger partial charge in [0.2, 0.25) is 0 Å². The Morgan fingerprint density at radius 3 is 2.08 bits per heavy atom. The number of anilines is 1. The topological polar surface area (TPSA) is 44.1 Å². The van der Waals surface area contributed by atoms with Gasteiger partial charge in [-0.05, 0) is 40.5 Å². The number of rotatable bonds is 1. The Balaban J connectivity index is 2.72. The number of benzene rings is 1. The zero-order chi connectivity index (χ0) is 18.4. The summed E-state index contributed by atoms with van der Waals surface area (Å²) in [5, 5.41) is 9.31. The Bertz CT molecular complexity index is 793. The zero-order valence-electron chi connectivity index (χ0n) is 15.7. The maximum atomic E-state index is 12.8. The highest BCUT2D eigenvalue weighted by atomic mass is 16.2. The molecule has 3 nitrogen and oxygen atoms in total. The van der Waals surface area contributed by atoms with Gasteiger partial charge in [-0.3, -0.25) is 9.69 Å². The Kier molecular flexibility index (Phi) is 4.22. The number of nitriles is 1. The van der Waals surface area contributed by atoms with Crippen molar-refractivity contribution in [3.8, 4) is 6.07 Å². The molecule has 1 aromatic carbocycles. The second-order valence-electron chi connectivity index (χ2n) is 8.43. The molecule has 1 aliphatic heterocycles. The molecule has 3 heteroatoms. The molecule has 0 fully saturated rings. The van der Waals surface area contributed by atoms with Crippen LogP contribution in [0.2, 0.25) is 0 Å². The molecule has 0 atom stereocenters. The van der Waals surface area contributed by atoms with Crippen LogP contribution < -0.4 is 4.90 Å². The maximum Gasteiger partial charge on any atom is 0.273 e. The van der Waals surface area contributed by atoms with Gasteiger partial charge in [-0.15, -0.1) is 0 Å². The normalized spacial score (nSPS) is 16.0. The zero-order valence-corrected chi connectivity index (χ0v) is 15.7. The smallest absolute Gasteiger partial charge is 0.273 e. The van der Waals surface area contributed by atoms with Crippen LogP contribution in [0.4, 0.5) is 5.69 Å². The predicted octanol–water partition coefficient (Wildman–Crippen LogP) is 4.98. The highest BCUT2D eigenvalue weighted by Gasteiger charge is 2.36. The van der Waals surface area contributed by atoms with Gasteiger partial charge < -0.3 is 0 Å². The van der Waals surface area contributed by atoms with E-state index in [9.17, 15) is 10.1 Å². The Labute approximate surface area is 145 Å². The molecule has 1 aliphatic rings. The van der Waals surface area contributed by atoms with E-state index >= 15 is 0 Å². The largest absolute Gasteiger partial charge is 0.276 e. The second-order valence-corrected chi connectivity index (χ2v) is 8.43. The average Bonchev–Trinajstić information content (AvgIpc) is 2.66. The first kappa shape index (κ1) is 18.0. The molecule has 1 amide bonds. The fraction of sp³-hybridized carbons (Fsp3) is 0.429. The van der Waals surface area contributed by atoms with Gasteiger partial charge >= 0.3 is 0 Å². The lowest BCUT2D eigenvalue weighted by atomic mass is 9.80. The molecule has 0 aliphatic carbocycles. The molecular formula is C21H26N2O. The molecule has 0 radical (unpaired) electrons. The molecule has 0 saturated carbocycles. The lowest BCUT2D eigenvalue weighted by Crippen LogP contribution is -2.29. The van der Waals surface area contributed by atoms with Crippen LogP contribution in [0.5, 0.6) is 0 Å². The number of hydrogen-bond donors (Lipinski definition) is 0. The first-order valence-electron chi connectivity index (χ1n) is 8.19. The molecule has 1 heterocycles. The third-order valence-electron chi connectivity index (χ3n) is 4.52. The minimum atomic E-state index is -0.281. The fourth-order valence-electron chi connectivity index (χ4n) is 2.91. The SMILES string of the molecule is C=C1C(C)=C(C#N)C(=O)N1c1cc(C(C)(C)C)ccc1C(C)(C)C. The molecule has 0 unspecified atom stereocenters. The van der Waals surface area contributed by atoms with E-state index in [0.717, 1.165) is 16.8 Å². The second kappa shape index (κ2) is 5.63. The number of carbonyl (C=O) groups excluding carboxylic acids is 1. The van der Waals surface area contributed by atoms with E-state index in [0.29, 0.717) is 11.3 Å². The van der Waals surface area contributed by atoms with E-state index in [1.165, 1.54) is 0 Å². The van der Waals surface area contributed by atoms with Crippen molar-refractivity contribution in [2.24, 2.45) is 0 Å². The summed E-state index contributed by atoms with van der Waals surface area (Å²) in [6, 6.07) is 8.31. The summed E-state index contributed by atoms with van der Waals surface area (Å²) >= 11 is 0. The lowest BCUT2D eigenvalue weighted by molar-refractivity contribution is -0.113. The summed E-state index contributed by atoms with van der Waals surface area (Å²) in [5.41, 5.74) is 4.31. The van der Waals surface area contributed by atoms with E-state index < -0.39 is 0 Å². The fourth-order valence-corrected chi connectivity index (χ4v) is 2.91. The number of amides is 1. The summed E-state index contributed by atoms with van der Waals surface area (Å²) in [7, 11) is 0. The Hall–Kier alpha value is -2.34. The van der Waals surface area contributed by atoms with Crippen LogP contribution in [0.15, 0.2) is 41.6 Å². The van der Waals surface area contributed by atoms with Gasteiger partial charge in [0.05, 0.1) is 5.69 Å². The number of carbonyl (C=O) groups is 1. The summed E-state index contributed by atoms with van der Waals surface area (Å²) in [6.45, 7) is 18.6. The standard InChI is InChI=1S/C21H26N2O/c1-13-14(2)23(19(24)16(13)12-22)18-11-15(20(3,4)5)9-10-17(18)21(6,7)8/h9-11H,2H2,1,3-8H3. The number of hydrogen-bond acceptors (Lipinski definition) is 2. The van der Waals surface area contributed by atoms with Gasteiger partial charge in [-0.1, -0.05) is 60.3 Å². The third kappa shape index (κ3) is 2.89. The average molecular weight is 322 g/mol. The molecule has 1 aromatic rings. The molecule has 126 valence electrons. The monoisotopic (exact) mass is 322 g/mol. The van der Waals surface area contributed by atoms with Crippen LogP contribution in [-0.2, 0) is 15.6 Å². The van der Waals surface area contributed by atoms with Gasteiger partial charge in [-0.2, -0.15) is 5.26 Å². The number of allylic oxidation sites excluding steroid dienone is 1. The van der Waals surface area contributed by atoms with Gasteiger partial charge in [0, 0.05) is 5.70 Å². The van der Waals surface area contributed by atoms with Crippen LogP contribution in [0.3, 0.4) is 0 Å². The molecule has 0 bridgehead atoms. The maximum absolute atomic E-state index is 12.8. The summed E-state index contributed by atoms with van der Waals surface area (Å²) in [6.07, 6.45) is 0. The van der Waals surface area contributed by atoms with E-state index in [-0.39, 0.29) is 22.3 Å². The first-order chi connectivity index (χ1) is 10.9. The molecular weight excluding hydrogens is 296 g/mol. The van der Waals surface area contributed by atoms with Gasteiger partial charge in [0.25, 0.3) is 5.91 Å². The Morgan fingerprint density at radius 1 is 1.08 bits per heavy atom. The van der Waals surface area contributed by atoms with Gasteiger partial charge in [0.15, 0.2) is 0 Å². The molecule has 2 rings (SSSR count). The van der Waals surface area contributed by atoms with E-state index in [1.807, 2.05) is 6.07 Å². The first-order valence-corrected chi connectivity index (χ1v) is 8.19. The lowest BCUT2D eigenvalue weighted by Gasteiger charge is -2.31. The predicted molar refractivity (Wildman–Crippen MR) is 98.8 cm³/mol. The summed E-state index contributed by atoms with van der Waals surface area (Å²) < 4.78 is 0. The molecule has 0 N–H and O–H groups in total. The summed E-state index contributed by atoms with van der Waals surface area (Å²) in [5.74, 6) is -0.281. The van der Waals surface area contributed by atoms with E-state index in [2.05, 4.69) is 66.3 Å². The van der Waals surface area contributed by atoms with Crippen molar-refractivity contribution in [3.05, 3.63) is 52.7 Å². The highest BCUT2D eigenvalue weighted by Crippen LogP contribution is 2.41. The van der Waals surface area contributed by atoms with Crippen molar-refractivity contribution < 1.29 is 4.79 Å². The molecule has 0 aromatic heterocycles. The Morgan fingerprint density at radius 2 is 1.67 bits per heavy atom. The summed E-state index contributed by atoms with van der Waals surface area (Å²) in [4.78, 5) is 14.4. The molecule has 0 spiro atoms.